The average Bonchev–Trinajstić information content (AvgIpc) is 2.76. The SMILES string of the molecule is NS(=O)(=O)C1CC(=O)N(Cc2cccs2)C1. The van der Waals surface area contributed by atoms with E-state index in [-0.39, 0.29) is 18.9 Å². The summed E-state index contributed by atoms with van der Waals surface area (Å²) in [6.07, 6.45) is 0.00418. The van der Waals surface area contributed by atoms with Crippen LogP contribution in [-0.4, -0.2) is 31.0 Å². The first-order valence-corrected chi connectivity index (χ1v) is 7.27. The maximum absolute atomic E-state index is 11.6. The van der Waals surface area contributed by atoms with Crippen LogP contribution in [0, 0.1) is 0 Å². The van der Waals surface area contributed by atoms with E-state index in [1.165, 1.54) is 0 Å². The number of amides is 1. The molecule has 16 heavy (non-hydrogen) atoms. The van der Waals surface area contributed by atoms with Gasteiger partial charge in [-0.2, -0.15) is 0 Å². The predicted molar refractivity (Wildman–Crippen MR) is 61.2 cm³/mol. The van der Waals surface area contributed by atoms with E-state index in [0.29, 0.717) is 6.54 Å². The van der Waals surface area contributed by atoms with Crippen molar-refractivity contribution in [2.24, 2.45) is 5.14 Å². The summed E-state index contributed by atoms with van der Waals surface area (Å²) in [5, 5.41) is 6.21. The van der Waals surface area contributed by atoms with E-state index in [4.69, 9.17) is 5.14 Å². The van der Waals surface area contributed by atoms with Gasteiger partial charge >= 0.3 is 0 Å². The van der Waals surface area contributed by atoms with Gasteiger partial charge in [0.2, 0.25) is 15.9 Å². The third-order valence-corrected chi connectivity index (χ3v) is 4.68. The normalized spacial score (nSPS) is 21.7. The number of hydrogen-bond acceptors (Lipinski definition) is 4. The molecule has 0 radical (unpaired) electrons. The van der Waals surface area contributed by atoms with Crippen LogP contribution in [0.15, 0.2) is 17.5 Å². The molecule has 0 bridgehead atoms. The minimum absolute atomic E-state index is 0.00418. The lowest BCUT2D eigenvalue weighted by Crippen LogP contribution is -2.31. The number of sulfonamides is 1. The predicted octanol–water partition coefficient (Wildman–Crippen LogP) is 0.138. The minimum atomic E-state index is -3.61. The van der Waals surface area contributed by atoms with Crippen LogP contribution in [0.25, 0.3) is 0 Å². The van der Waals surface area contributed by atoms with Crippen molar-refractivity contribution in [1.82, 2.24) is 4.90 Å². The molecule has 0 spiro atoms. The van der Waals surface area contributed by atoms with Gasteiger partial charge in [0.1, 0.15) is 5.25 Å². The lowest BCUT2D eigenvalue weighted by Gasteiger charge is -2.14. The maximum atomic E-state index is 11.6. The van der Waals surface area contributed by atoms with Crippen LogP contribution in [0.1, 0.15) is 11.3 Å². The van der Waals surface area contributed by atoms with Crippen molar-refractivity contribution in [3.63, 3.8) is 0 Å². The van der Waals surface area contributed by atoms with E-state index < -0.39 is 15.3 Å². The largest absolute Gasteiger partial charge is 0.336 e. The molecule has 2 N–H and O–H groups in total. The Labute approximate surface area is 97.9 Å². The molecule has 2 heterocycles. The molecule has 88 valence electrons. The zero-order valence-corrected chi connectivity index (χ0v) is 10.1. The van der Waals surface area contributed by atoms with E-state index in [2.05, 4.69) is 0 Å². The number of rotatable bonds is 3. The van der Waals surface area contributed by atoms with Gasteiger partial charge in [0.15, 0.2) is 0 Å². The maximum Gasteiger partial charge on any atom is 0.224 e. The smallest absolute Gasteiger partial charge is 0.224 e. The minimum Gasteiger partial charge on any atom is -0.336 e. The molecule has 1 saturated heterocycles. The Morgan fingerprint density at radius 1 is 1.56 bits per heavy atom. The summed E-state index contributed by atoms with van der Waals surface area (Å²) in [4.78, 5) is 14.2. The zero-order valence-electron chi connectivity index (χ0n) is 8.50. The number of likely N-dealkylation sites (tertiary alicyclic amines) is 1. The van der Waals surface area contributed by atoms with Crippen LogP contribution in [-0.2, 0) is 21.4 Å². The van der Waals surface area contributed by atoms with Gasteiger partial charge in [-0.05, 0) is 11.4 Å². The second-order valence-electron chi connectivity index (χ2n) is 3.77. The molecule has 7 heteroatoms. The molecule has 0 aliphatic carbocycles. The van der Waals surface area contributed by atoms with Crippen LogP contribution in [0.2, 0.25) is 0 Å². The van der Waals surface area contributed by atoms with Gasteiger partial charge in [-0.3, -0.25) is 4.79 Å². The van der Waals surface area contributed by atoms with Crippen LogP contribution >= 0.6 is 11.3 Å². The number of nitrogens with two attached hydrogens (primary N) is 1. The third kappa shape index (κ3) is 2.42. The van der Waals surface area contributed by atoms with Crippen LogP contribution in [0.5, 0.6) is 0 Å². The Morgan fingerprint density at radius 3 is 2.81 bits per heavy atom. The summed E-state index contributed by atoms with van der Waals surface area (Å²) in [6.45, 7) is 0.679. The van der Waals surface area contributed by atoms with Gasteiger partial charge in [-0.25, -0.2) is 13.6 Å². The summed E-state index contributed by atoms with van der Waals surface area (Å²) in [5.41, 5.74) is 0. The number of nitrogens with zero attached hydrogens (tertiary/aromatic N) is 1. The molecule has 1 unspecified atom stereocenters. The molecule has 1 aromatic rings. The van der Waals surface area contributed by atoms with E-state index in [0.717, 1.165) is 4.88 Å². The summed E-state index contributed by atoms with van der Waals surface area (Å²) in [7, 11) is -3.61. The van der Waals surface area contributed by atoms with Crippen molar-refractivity contribution in [3.05, 3.63) is 22.4 Å². The highest BCUT2D eigenvalue weighted by Crippen LogP contribution is 2.20. The molecule has 5 nitrogen and oxygen atoms in total. The number of hydrogen-bond donors (Lipinski definition) is 1. The van der Waals surface area contributed by atoms with Crippen molar-refractivity contribution in [3.8, 4) is 0 Å². The monoisotopic (exact) mass is 260 g/mol. The number of carbonyl (C=O) groups is 1. The Bertz CT molecular complexity index is 481. The second-order valence-corrected chi connectivity index (χ2v) is 6.65. The Hall–Kier alpha value is -0.920. The number of primary sulfonamides is 1. The van der Waals surface area contributed by atoms with E-state index in [1.807, 2.05) is 17.5 Å². The number of thiophene rings is 1. The van der Waals surface area contributed by atoms with Crippen LogP contribution < -0.4 is 5.14 Å². The van der Waals surface area contributed by atoms with Crippen molar-refractivity contribution in [2.45, 2.75) is 18.2 Å². The highest BCUT2D eigenvalue weighted by molar-refractivity contribution is 7.89. The fourth-order valence-electron chi connectivity index (χ4n) is 1.70. The van der Waals surface area contributed by atoms with Crippen LogP contribution in [0.4, 0.5) is 0 Å². The Kier molecular flexibility index (Phi) is 3.00. The first-order chi connectivity index (χ1) is 7.47. The van der Waals surface area contributed by atoms with Gasteiger partial charge in [0, 0.05) is 17.8 Å². The van der Waals surface area contributed by atoms with Gasteiger partial charge < -0.3 is 4.90 Å². The van der Waals surface area contributed by atoms with Gasteiger partial charge in [-0.1, -0.05) is 6.07 Å². The second kappa shape index (κ2) is 4.15. The van der Waals surface area contributed by atoms with Crippen molar-refractivity contribution in [1.29, 1.82) is 0 Å². The molecule has 1 aliphatic rings. The van der Waals surface area contributed by atoms with E-state index >= 15 is 0 Å². The molecule has 1 aromatic heterocycles. The van der Waals surface area contributed by atoms with Crippen molar-refractivity contribution >= 4 is 27.3 Å². The first-order valence-electron chi connectivity index (χ1n) is 4.78. The molecule has 1 amide bonds. The Balaban J connectivity index is 2.06. The standard InChI is InChI=1S/C9H12N2O3S2/c10-16(13,14)8-4-9(12)11(6-8)5-7-2-1-3-15-7/h1-3,8H,4-6H2,(H2,10,13,14). The molecule has 2 rings (SSSR count). The summed E-state index contributed by atoms with van der Waals surface area (Å²) >= 11 is 1.55. The number of carbonyl (C=O) groups excluding carboxylic acids is 1. The third-order valence-electron chi connectivity index (χ3n) is 2.57. The topological polar surface area (TPSA) is 80.5 Å². The quantitative estimate of drug-likeness (QED) is 0.839. The molecule has 1 aliphatic heterocycles. The first kappa shape index (κ1) is 11.6. The molecular weight excluding hydrogens is 248 g/mol. The summed E-state index contributed by atoms with van der Waals surface area (Å²) in [6, 6.07) is 3.82. The average molecular weight is 260 g/mol. The molecule has 0 aromatic carbocycles. The fraction of sp³-hybridized carbons (Fsp3) is 0.444. The summed E-state index contributed by atoms with van der Waals surface area (Å²) in [5.74, 6) is -0.146. The van der Waals surface area contributed by atoms with Gasteiger partial charge in [-0.15, -0.1) is 11.3 Å². The van der Waals surface area contributed by atoms with Crippen molar-refractivity contribution in [2.75, 3.05) is 6.54 Å². The lowest BCUT2D eigenvalue weighted by atomic mass is 10.4. The van der Waals surface area contributed by atoms with Crippen molar-refractivity contribution < 1.29 is 13.2 Å². The highest BCUT2D eigenvalue weighted by atomic mass is 32.2. The molecule has 1 atom stereocenters. The lowest BCUT2D eigenvalue weighted by molar-refractivity contribution is -0.128. The van der Waals surface area contributed by atoms with Gasteiger partial charge in [0.25, 0.3) is 0 Å². The fourth-order valence-corrected chi connectivity index (χ4v) is 3.18. The zero-order chi connectivity index (χ0) is 11.8. The molecule has 0 saturated carbocycles. The summed E-state index contributed by atoms with van der Waals surface area (Å²) < 4.78 is 22.3. The van der Waals surface area contributed by atoms with E-state index in [1.54, 1.807) is 16.2 Å². The van der Waals surface area contributed by atoms with Gasteiger partial charge in [0.05, 0.1) is 6.54 Å². The highest BCUT2D eigenvalue weighted by Gasteiger charge is 2.36. The van der Waals surface area contributed by atoms with E-state index in [9.17, 15) is 13.2 Å². The van der Waals surface area contributed by atoms with Crippen LogP contribution in [0.3, 0.4) is 0 Å². The molecular formula is C9H12N2O3S2. The molecule has 1 fully saturated rings. The Morgan fingerprint density at radius 2 is 2.31 bits per heavy atom.